The minimum atomic E-state index is -0.0382. The summed E-state index contributed by atoms with van der Waals surface area (Å²) in [6, 6.07) is 4.05. The predicted molar refractivity (Wildman–Crippen MR) is 183 cm³/mol. The molecule has 0 aliphatic carbocycles. The predicted octanol–water partition coefficient (Wildman–Crippen LogP) is 2.71. The molecule has 12 nitrogen and oxygen atoms in total. The Labute approximate surface area is 284 Å². The van der Waals surface area contributed by atoms with Crippen molar-refractivity contribution in [3.8, 4) is 11.5 Å². The zero-order valence-electron chi connectivity index (χ0n) is 29.0. The molecule has 1 aromatic carbocycles. The van der Waals surface area contributed by atoms with E-state index < -0.39 is 0 Å². The number of hydrogen-bond donors (Lipinski definition) is 1. The molecule has 4 aliphatic rings. The molecule has 0 unspecified atom stereocenters. The van der Waals surface area contributed by atoms with Gasteiger partial charge in [-0.3, -0.25) is 14.4 Å². The summed E-state index contributed by atoms with van der Waals surface area (Å²) < 4.78 is 11.3. The van der Waals surface area contributed by atoms with Crippen molar-refractivity contribution < 1.29 is 23.9 Å². The molecule has 3 saturated heterocycles. The molecule has 2 aromatic rings. The van der Waals surface area contributed by atoms with E-state index in [9.17, 15) is 14.4 Å². The van der Waals surface area contributed by atoms with Crippen molar-refractivity contribution in [3.05, 3.63) is 40.7 Å². The Balaban J connectivity index is 1.18. The zero-order chi connectivity index (χ0) is 33.8. The van der Waals surface area contributed by atoms with E-state index in [-0.39, 0.29) is 35.6 Å². The van der Waals surface area contributed by atoms with Crippen LogP contribution in [0, 0.1) is 18.8 Å². The van der Waals surface area contributed by atoms with Crippen LogP contribution in [0.15, 0.2) is 18.3 Å². The number of fused-ring (bicyclic) bond motifs is 6. The van der Waals surface area contributed by atoms with Crippen LogP contribution in [0.1, 0.15) is 65.7 Å². The third kappa shape index (κ3) is 7.53. The van der Waals surface area contributed by atoms with Crippen LogP contribution in [-0.4, -0.2) is 122 Å². The maximum absolute atomic E-state index is 14.0. The molecule has 12 heteroatoms. The Bertz CT molecular complexity index is 1490. The van der Waals surface area contributed by atoms with Gasteiger partial charge >= 0.3 is 0 Å². The maximum atomic E-state index is 14.0. The maximum Gasteiger partial charge on any atom is 0.257 e. The SMILES string of the molecule is COc1cc2cc(c1OC)CCCNC(=O)CCC[C@H]1[C@H]3C[C@@H](CN(C(=O)c4cnc(N5CCN(C)CC5)nc4C)C3)CN1C(=O)CC2. The van der Waals surface area contributed by atoms with Crippen LogP contribution in [0.5, 0.6) is 11.5 Å². The molecule has 3 amide bonds. The van der Waals surface area contributed by atoms with Crippen molar-refractivity contribution >= 4 is 23.7 Å². The van der Waals surface area contributed by atoms with Crippen LogP contribution in [0.3, 0.4) is 0 Å². The van der Waals surface area contributed by atoms with Gasteiger partial charge in [-0.05, 0) is 81.5 Å². The molecule has 260 valence electrons. The van der Waals surface area contributed by atoms with Gasteiger partial charge in [0.25, 0.3) is 5.91 Å². The van der Waals surface area contributed by atoms with Gasteiger partial charge in [-0.25, -0.2) is 9.97 Å². The first kappa shape index (κ1) is 34.0. The third-order valence-electron chi connectivity index (χ3n) is 10.7. The lowest BCUT2D eigenvalue weighted by Crippen LogP contribution is -2.60. The largest absolute Gasteiger partial charge is 0.493 e. The molecule has 4 aliphatic heterocycles. The van der Waals surface area contributed by atoms with Gasteiger partial charge in [-0.15, -0.1) is 0 Å². The van der Waals surface area contributed by atoms with Crippen LogP contribution in [0.2, 0.25) is 0 Å². The van der Waals surface area contributed by atoms with Crippen molar-refractivity contribution in [2.75, 3.05) is 78.5 Å². The molecule has 1 N–H and O–H groups in total. The van der Waals surface area contributed by atoms with E-state index in [1.807, 2.05) is 17.9 Å². The summed E-state index contributed by atoms with van der Waals surface area (Å²) in [5, 5.41) is 3.07. The molecular formula is C36H51N7O5. The number of piperidine rings is 2. The van der Waals surface area contributed by atoms with Crippen molar-refractivity contribution in [2.45, 2.75) is 64.3 Å². The second kappa shape index (κ2) is 15.1. The number of aromatic nitrogens is 2. The Morgan fingerprint density at radius 1 is 0.958 bits per heavy atom. The molecule has 0 saturated carbocycles. The summed E-state index contributed by atoms with van der Waals surface area (Å²) in [4.78, 5) is 58.5. The Morgan fingerprint density at radius 2 is 1.77 bits per heavy atom. The van der Waals surface area contributed by atoms with Crippen LogP contribution < -0.4 is 19.7 Å². The number of aryl methyl sites for hydroxylation is 3. The van der Waals surface area contributed by atoms with Gasteiger partial charge in [-0.2, -0.15) is 0 Å². The fourth-order valence-corrected chi connectivity index (χ4v) is 8.06. The fraction of sp³-hybridized carbons (Fsp3) is 0.639. The molecular weight excluding hydrogens is 610 g/mol. The molecule has 5 heterocycles. The van der Waals surface area contributed by atoms with Crippen molar-refractivity contribution in [3.63, 3.8) is 0 Å². The average molecular weight is 662 g/mol. The molecule has 48 heavy (non-hydrogen) atoms. The van der Waals surface area contributed by atoms with Gasteiger partial charge in [0.05, 0.1) is 25.5 Å². The van der Waals surface area contributed by atoms with Gasteiger partial charge in [0.2, 0.25) is 17.8 Å². The van der Waals surface area contributed by atoms with Crippen molar-refractivity contribution in [1.29, 1.82) is 0 Å². The summed E-state index contributed by atoms with van der Waals surface area (Å²) in [5.74, 6) is 2.51. The van der Waals surface area contributed by atoms with Crippen molar-refractivity contribution in [2.24, 2.45) is 11.8 Å². The zero-order valence-corrected chi connectivity index (χ0v) is 29.0. The highest BCUT2D eigenvalue weighted by Gasteiger charge is 2.43. The number of nitrogens with zero attached hydrogens (tertiary/aromatic N) is 6. The van der Waals surface area contributed by atoms with Crippen LogP contribution >= 0.6 is 0 Å². The van der Waals surface area contributed by atoms with E-state index in [1.54, 1.807) is 20.4 Å². The van der Waals surface area contributed by atoms with Gasteiger partial charge in [0.15, 0.2) is 11.5 Å². The Hall–Kier alpha value is -3.93. The van der Waals surface area contributed by atoms with Gasteiger partial charge in [0.1, 0.15) is 0 Å². The number of hydrogen-bond acceptors (Lipinski definition) is 9. The third-order valence-corrected chi connectivity index (χ3v) is 10.7. The molecule has 3 fully saturated rings. The monoisotopic (exact) mass is 661 g/mol. The summed E-state index contributed by atoms with van der Waals surface area (Å²) in [7, 11) is 5.39. The van der Waals surface area contributed by atoms with Gasteiger partial charge < -0.3 is 34.4 Å². The number of likely N-dealkylation sites (tertiary alicyclic amines) is 1. The first-order valence-corrected chi connectivity index (χ1v) is 17.6. The smallest absolute Gasteiger partial charge is 0.257 e. The average Bonchev–Trinajstić information content (AvgIpc) is 3.09. The summed E-state index contributed by atoms with van der Waals surface area (Å²) >= 11 is 0. The first-order valence-electron chi connectivity index (χ1n) is 17.6. The molecule has 6 rings (SSSR count). The number of benzene rings is 1. The lowest BCUT2D eigenvalue weighted by molar-refractivity contribution is -0.140. The van der Waals surface area contributed by atoms with Gasteiger partial charge in [0, 0.05) is 77.4 Å². The fourth-order valence-electron chi connectivity index (χ4n) is 8.06. The van der Waals surface area contributed by atoms with Crippen molar-refractivity contribution in [1.82, 2.24) is 30.0 Å². The quantitative estimate of drug-likeness (QED) is 0.528. The minimum absolute atomic E-state index is 0.0250. The summed E-state index contributed by atoms with van der Waals surface area (Å²) in [5.41, 5.74) is 3.30. The number of carbonyl (C=O) groups is 3. The number of anilines is 1. The number of nitrogens with one attached hydrogen (secondary N) is 1. The standard InChI is InChI=1S/C36H51N7O5/c1-24-29(20-38-36(39-24)41-15-13-40(2)14-16-41)35(46)42-21-26-18-28(23-42)30-8-5-9-32(44)37-12-6-7-27-17-25(10-11-33(45)43(30)22-26)19-31(47-3)34(27)48-4/h17,19-20,26,28,30H,5-16,18,21-23H2,1-4H3,(H,37,44)/t26-,28-,30-/m0/s1. The molecule has 4 bridgehead atoms. The second-order valence-electron chi connectivity index (χ2n) is 14.0. The topological polar surface area (TPSA) is 120 Å². The van der Waals surface area contributed by atoms with Crippen LogP contribution in [0.4, 0.5) is 5.95 Å². The number of amides is 3. The minimum Gasteiger partial charge on any atom is -0.493 e. The number of rotatable bonds is 4. The highest BCUT2D eigenvalue weighted by Crippen LogP contribution is 2.38. The van der Waals surface area contributed by atoms with E-state index in [0.29, 0.717) is 80.6 Å². The van der Waals surface area contributed by atoms with E-state index in [4.69, 9.17) is 14.5 Å². The lowest BCUT2D eigenvalue weighted by Gasteiger charge is -2.51. The van der Waals surface area contributed by atoms with Crippen LogP contribution in [-0.2, 0) is 22.4 Å². The summed E-state index contributed by atoms with van der Waals surface area (Å²) in [6.45, 7) is 7.94. The Morgan fingerprint density at radius 3 is 2.52 bits per heavy atom. The number of piperazine rings is 1. The number of likely N-dealkylation sites (N-methyl/N-ethyl adjacent to an activating group) is 1. The molecule has 3 atom stereocenters. The van der Waals surface area contributed by atoms with E-state index in [1.165, 1.54) is 0 Å². The van der Waals surface area contributed by atoms with E-state index >= 15 is 0 Å². The van der Waals surface area contributed by atoms with E-state index in [2.05, 4.69) is 38.1 Å². The first-order chi connectivity index (χ1) is 23.2. The lowest BCUT2D eigenvalue weighted by atomic mass is 9.77. The summed E-state index contributed by atoms with van der Waals surface area (Å²) in [6.07, 6.45) is 7.03. The van der Waals surface area contributed by atoms with Gasteiger partial charge in [-0.1, -0.05) is 6.07 Å². The highest BCUT2D eigenvalue weighted by molar-refractivity contribution is 5.95. The highest BCUT2D eigenvalue weighted by atomic mass is 16.5. The number of ether oxygens (including phenoxy) is 2. The number of carbonyl (C=O) groups excluding carboxylic acids is 3. The van der Waals surface area contributed by atoms with E-state index in [0.717, 1.165) is 63.0 Å². The molecule has 1 aromatic heterocycles. The van der Waals surface area contributed by atoms with Crippen LogP contribution in [0.25, 0.3) is 0 Å². The number of methoxy groups -OCH3 is 2. The second-order valence-corrected chi connectivity index (χ2v) is 14.0. The Kier molecular flexibility index (Phi) is 10.7. The molecule has 0 radical (unpaired) electrons. The molecule has 0 spiro atoms. The normalized spacial score (nSPS) is 24.5.